The predicted molar refractivity (Wildman–Crippen MR) is 53.0 cm³/mol. The van der Waals surface area contributed by atoms with Crippen molar-refractivity contribution in [1.82, 2.24) is 0 Å². The monoisotopic (exact) mass is 210 g/mol. The first-order valence-corrected chi connectivity index (χ1v) is 4.56. The zero-order valence-corrected chi connectivity index (χ0v) is 8.24. The summed E-state index contributed by atoms with van der Waals surface area (Å²) in [4.78, 5) is 0. The van der Waals surface area contributed by atoms with Crippen molar-refractivity contribution in [1.29, 1.82) is 0 Å². The first-order valence-electron chi connectivity index (χ1n) is 4.56. The summed E-state index contributed by atoms with van der Waals surface area (Å²) in [6.07, 6.45) is -0.814. The van der Waals surface area contributed by atoms with Gasteiger partial charge in [0.1, 0.15) is 23.3 Å². The Hall–Kier alpha value is -1.39. The highest BCUT2D eigenvalue weighted by atomic mass is 19.1. The fraction of sp³-hybridized carbons (Fsp3) is 0.273. The number of halogens is 1. The second-order valence-electron chi connectivity index (χ2n) is 3.30. The molecule has 1 aromatic heterocycles. The van der Waals surface area contributed by atoms with Crippen LogP contribution in [0.5, 0.6) is 0 Å². The van der Waals surface area contributed by atoms with Crippen LogP contribution in [-0.4, -0.2) is 18.8 Å². The standard InChI is InChI=1S/C11H11FO3/c1-14-6-9(13)11-5-7-4-8(12)2-3-10(7)15-11/h2-5,9,13H,6H2,1H3. The minimum atomic E-state index is -0.814. The molecule has 1 unspecified atom stereocenters. The Morgan fingerprint density at radius 2 is 2.27 bits per heavy atom. The number of benzene rings is 1. The van der Waals surface area contributed by atoms with Gasteiger partial charge in [0.05, 0.1) is 6.61 Å². The number of hydrogen-bond acceptors (Lipinski definition) is 3. The molecule has 2 aromatic rings. The van der Waals surface area contributed by atoms with Crippen molar-refractivity contribution in [3.8, 4) is 0 Å². The SMILES string of the molecule is COCC(O)c1cc2cc(F)ccc2o1. The lowest BCUT2D eigenvalue weighted by Crippen LogP contribution is -2.03. The third-order valence-electron chi connectivity index (χ3n) is 2.15. The first kappa shape index (κ1) is 10.1. The number of ether oxygens (including phenoxy) is 1. The van der Waals surface area contributed by atoms with E-state index in [2.05, 4.69) is 0 Å². The number of aliphatic hydroxyl groups excluding tert-OH is 1. The number of furan rings is 1. The van der Waals surface area contributed by atoms with E-state index in [1.165, 1.54) is 25.3 Å². The van der Waals surface area contributed by atoms with Gasteiger partial charge in [0.25, 0.3) is 0 Å². The van der Waals surface area contributed by atoms with Crippen LogP contribution < -0.4 is 0 Å². The van der Waals surface area contributed by atoms with Crippen LogP contribution in [0.15, 0.2) is 28.7 Å². The molecule has 0 bridgehead atoms. The smallest absolute Gasteiger partial charge is 0.136 e. The second-order valence-corrected chi connectivity index (χ2v) is 3.30. The molecule has 1 N–H and O–H groups in total. The minimum Gasteiger partial charge on any atom is -0.458 e. The van der Waals surface area contributed by atoms with Crippen LogP contribution in [0.3, 0.4) is 0 Å². The molecule has 2 rings (SSSR count). The lowest BCUT2D eigenvalue weighted by atomic mass is 10.2. The van der Waals surface area contributed by atoms with Crippen LogP contribution in [0.25, 0.3) is 11.0 Å². The molecule has 0 saturated heterocycles. The summed E-state index contributed by atoms with van der Waals surface area (Å²) in [6.45, 7) is 0.155. The molecule has 4 heteroatoms. The van der Waals surface area contributed by atoms with Gasteiger partial charge in [0.15, 0.2) is 0 Å². The van der Waals surface area contributed by atoms with Gasteiger partial charge in [-0.3, -0.25) is 0 Å². The van der Waals surface area contributed by atoms with E-state index in [9.17, 15) is 9.50 Å². The van der Waals surface area contributed by atoms with Crippen LogP contribution in [0.2, 0.25) is 0 Å². The summed E-state index contributed by atoms with van der Waals surface area (Å²) >= 11 is 0. The number of fused-ring (bicyclic) bond motifs is 1. The van der Waals surface area contributed by atoms with Gasteiger partial charge in [-0.1, -0.05) is 0 Å². The first-order chi connectivity index (χ1) is 7.20. The summed E-state index contributed by atoms with van der Waals surface area (Å²) in [5.74, 6) is 0.0635. The van der Waals surface area contributed by atoms with Gasteiger partial charge in [-0.05, 0) is 24.3 Å². The molecule has 1 atom stereocenters. The topological polar surface area (TPSA) is 42.6 Å². The highest BCUT2D eigenvalue weighted by molar-refractivity contribution is 5.77. The average molecular weight is 210 g/mol. The summed E-state index contributed by atoms with van der Waals surface area (Å²) in [6, 6.07) is 5.83. The predicted octanol–water partition coefficient (Wildman–Crippen LogP) is 2.25. The van der Waals surface area contributed by atoms with Crippen molar-refractivity contribution in [2.75, 3.05) is 13.7 Å². The number of methoxy groups -OCH3 is 1. The van der Waals surface area contributed by atoms with E-state index < -0.39 is 6.10 Å². The fourth-order valence-corrected chi connectivity index (χ4v) is 1.44. The van der Waals surface area contributed by atoms with Crippen molar-refractivity contribution in [2.45, 2.75) is 6.10 Å². The Morgan fingerprint density at radius 3 is 3.00 bits per heavy atom. The van der Waals surface area contributed by atoms with E-state index in [0.717, 1.165) is 0 Å². The summed E-state index contributed by atoms with van der Waals surface area (Å²) in [5.41, 5.74) is 0.557. The van der Waals surface area contributed by atoms with Gasteiger partial charge in [-0.25, -0.2) is 4.39 Å². The average Bonchev–Trinajstić information content (AvgIpc) is 2.60. The zero-order valence-electron chi connectivity index (χ0n) is 8.24. The third kappa shape index (κ3) is 2.00. The molecule has 0 aliphatic carbocycles. The lowest BCUT2D eigenvalue weighted by molar-refractivity contribution is 0.0513. The molecular formula is C11H11FO3. The molecule has 0 saturated carbocycles. The minimum absolute atomic E-state index is 0.155. The molecule has 0 fully saturated rings. The van der Waals surface area contributed by atoms with Crippen molar-refractivity contribution in [2.24, 2.45) is 0 Å². The Balaban J connectivity index is 2.38. The number of aliphatic hydroxyl groups is 1. The normalized spacial score (nSPS) is 13.3. The molecule has 3 nitrogen and oxygen atoms in total. The van der Waals surface area contributed by atoms with Gasteiger partial charge in [0.2, 0.25) is 0 Å². The van der Waals surface area contributed by atoms with Gasteiger partial charge in [-0.15, -0.1) is 0 Å². The third-order valence-corrected chi connectivity index (χ3v) is 2.15. The maximum Gasteiger partial charge on any atom is 0.136 e. The van der Waals surface area contributed by atoms with E-state index in [1.807, 2.05) is 0 Å². The van der Waals surface area contributed by atoms with Crippen LogP contribution in [0.1, 0.15) is 11.9 Å². The molecule has 1 heterocycles. The van der Waals surface area contributed by atoms with Crippen LogP contribution in [0.4, 0.5) is 4.39 Å². The lowest BCUT2D eigenvalue weighted by Gasteiger charge is -2.04. The number of rotatable bonds is 3. The van der Waals surface area contributed by atoms with E-state index in [1.54, 1.807) is 6.07 Å². The molecule has 0 aliphatic rings. The molecule has 15 heavy (non-hydrogen) atoms. The molecule has 0 amide bonds. The van der Waals surface area contributed by atoms with E-state index in [0.29, 0.717) is 16.7 Å². The van der Waals surface area contributed by atoms with Gasteiger partial charge in [0, 0.05) is 12.5 Å². The van der Waals surface area contributed by atoms with Gasteiger partial charge < -0.3 is 14.3 Å². The maximum atomic E-state index is 12.9. The van der Waals surface area contributed by atoms with Crippen LogP contribution in [0, 0.1) is 5.82 Å². The zero-order chi connectivity index (χ0) is 10.8. The second kappa shape index (κ2) is 4.00. The number of hydrogen-bond donors (Lipinski definition) is 1. The Morgan fingerprint density at radius 1 is 1.47 bits per heavy atom. The quantitative estimate of drug-likeness (QED) is 0.844. The van der Waals surface area contributed by atoms with Crippen molar-refractivity contribution in [3.63, 3.8) is 0 Å². The molecule has 80 valence electrons. The summed E-state index contributed by atoms with van der Waals surface area (Å²) in [7, 11) is 1.49. The van der Waals surface area contributed by atoms with E-state index in [-0.39, 0.29) is 12.4 Å². The molecule has 0 radical (unpaired) electrons. The van der Waals surface area contributed by atoms with Crippen LogP contribution in [-0.2, 0) is 4.74 Å². The largest absolute Gasteiger partial charge is 0.458 e. The maximum absolute atomic E-state index is 12.9. The van der Waals surface area contributed by atoms with Gasteiger partial charge in [-0.2, -0.15) is 0 Å². The highest BCUT2D eigenvalue weighted by Crippen LogP contribution is 2.24. The van der Waals surface area contributed by atoms with E-state index in [4.69, 9.17) is 9.15 Å². The van der Waals surface area contributed by atoms with Crippen LogP contribution >= 0.6 is 0 Å². The molecule has 0 spiro atoms. The Kier molecular flexibility index (Phi) is 2.70. The van der Waals surface area contributed by atoms with Crippen molar-refractivity contribution < 1.29 is 18.7 Å². The summed E-state index contributed by atoms with van der Waals surface area (Å²) in [5, 5.41) is 10.2. The Labute approximate surface area is 86.1 Å². The molecular weight excluding hydrogens is 199 g/mol. The Bertz CT molecular complexity index is 464. The van der Waals surface area contributed by atoms with Crippen molar-refractivity contribution >= 4 is 11.0 Å². The summed E-state index contributed by atoms with van der Waals surface area (Å²) < 4.78 is 23.0. The molecule has 0 aliphatic heterocycles. The van der Waals surface area contributed by atoms with Gasteiger partial charge >= 0.3 is 0 Å². The van der Waals surface area contributed by atoms with E-state index >= 15 is 0 Å². The van der Waals surface area contributed by atoms with Crippen molar-refractivity contribution in [3.05, 3.63) is 35.8 Å². The highest BCUT2D eigenvalue weighted by Gasteiger charge is 2.13. The fourth-order valence-electron chi connectivity index (χ4n) is 1.44. The molecule has 1 aromatic carbocycles.